The SMILES string of the molecule is Cc1cc(N2CC3CCC(O)C3C2)ccc1CN. The van der Waals surface area contributed by atoms with Crippen molar-refractivity contribution >= 4 is 5.69 Å². The van der Waals surface area contributed by atoms with Gasteiger partial charge >= 0.3 is 0 Å². The molecule has 18 heavy (non-hydrogen) atoms. The van der Waals surface area contributed by atoms with Gasteiger partial charge in [-0.05, 0) is 48.9 Å². The molecule has 1 saturated carbocycles. The van der Waals surface area contributed by atoms with Gasteiger partial charge in [0, 0.05) is 31.2 Å². The molecule has 3 nitrogen and oxygen atoms in total. The molecule has 3 atom stereocenters. The van der Waals surface area contributed by atoms with Gasteiger partial charge in [0.15, 0.2) is 0 Å². The number of fused-ring (bicyclic) bond motifs is 1. The van der Waals surface area contributed by atoms with Gasteiger partial charge in [-0.15, -0.1) is 0 Å². The third-order valence-corrected chi connectivity index (χ3v) is 4.73. The summed E-state index contributed by atoms with van der Waals surface area (Å²) >= 11 is 0. The summed E-state index contributed by atoms with van der Waals surface area (Å²) in [5.41, 5.74) is 9.48. The van der Waals surface area contributed by atoms with Crippen LogP contribution in [0.2, 0.25) is 0 Å². The Morgan fingerprint density at radius 3 is 2.83 bits per heavy atom. The molecule has 1 saturated heterocycles. The maximum absolute atomic E-state index is 9.96. The zero-order valence-electron chi connectivity index (χ0n) is 11.0. The van der Waals surface area contributed by atoms with Crippen molar-refractivity contribution in [3.8, 4) is 0 Å². The predicted molar refractivity (Wildman–Crippen MR) is 73.5 cm³/mol. The highest BCUT2D eigenvalue weighted by molar-refractivity contribution is 5.52. The minimum Gasteiger partial charge on any atom is -0.393 e. The van der Waals surface area contributed by atoms with E-state index < -0.39 is 0 Å². The number of rotatable bonds is 2. The van der Waals surface area contributed by atoms with Crippen molar-refractivity contribution < 1.29 is 5.11 Å². The first-order valence-electron chi connectivity index (χ1n) is 6.91. The molecule has 98 valence electrons. The highest BCUT2D eigenvalue weighted by atomic mass is 16.3. The lowest BCUT2D eigenvalue weighted by Gasteiger charge is -2.21. The summed E-state index contributed by atoms with van der Waals surface area (Å²) in [6.07, 6.45) is 2.10. The Balaban J connectivity index is 1.79. The zero-order chi connectivity index (χ0) is 12.7. The summed E-state index contributed by atoms with van der Waals surface area (Å²) < 4.78 is 0. The number of nitrogens with two attached hydrogens (primary N) is 1. The third kappa shape index (κ3) is 1.91. The second-order valence-electron chi connectivity index (χ2n) is 5.79. The molecule has 0 amide bonds. The Hall–Kier alpha value is -1.06. The summed E-state index contributed by atoms with van der Waals surface area (Å²) in [4.78, 5) is 2.42. The van der Waals surface area contributed by atoms with Crippen molar-refractivity contribution in [2.45, 2.75) is 32.4 Å². The highest BCUT2D eigenvalue weighted by Gasteiger charge is 2.41. The first-order valence-corrected chi connectivity index (χ1v) is 6.91. The fourth-order valence-electron chi connectivity index (χ4n) is 3.55. The van der Waals surface area contributed by atoms with Crippen LogP contribution in [0.5, 0.6) is 0 Å². The molecule has 1 aromatic rings. The van der Waals surface area contributed by atoms with Crippen LogP contribution in [0.3, 0.4) is 0 Å². The average Bonchev–Trinajstić information content (AvgIpc) is 2.92. The van der Waals surface area contributed by atoms with Crippen molar-refractivity contribution in [1.82, 2.24) is 0 Å². The normalized spacial score (nSPS) is 30.8. The van der Waals surface area contributed by atoms with E-state index in [2.05, 4.69) is 30.0 Å². The van der Waals surface area contributed by atoms with Gasteiger partial charge in [-0.25, -0.2) is 0 Å². The maximum Gasteiger partial charge on any atom is 0.0588 e. The minimum atomic E-state index is -0.0792. The third-order valence-electron chi connectivity index (χ3n) is 4.73. The average molecular weight is 246 g/mol. The van der Waals surface area contributed by atoms with E-state index in [0.29, 0.717) is 18.4 Å². The number of nitrogens with zero attached hydrogens (tertiary/aromatic N) is 1. The number of anilines is 1. The van der Waals surface area contributed by atoms with E-state index >= 15 is 0 Å². The molecule has 0 spiro atoms. The summed E-state index contributed by atoms with van der Waals surface area (Å²) in [6, 6.07) is 6.54. The summed E-state index contributed by atoms with van der Waals surface area (Å²) in [5, 5.41) is 9.96. The lowest BCUT2D eigenvalue weighted by atomic mass is 10.00. The smallest absolute Gasteiger partial charge is 0.0588 e. The molecule has 2 aliphatic rings. The minimum absolute atomic E-state index is 0.0792. The second kappa shape index (κ2) is 4.56. The Bertz CT molecular complexity index is 446. The number of aliphatic hydroxyl groups is 1. The van der Waals surface area contributed by atoms with Gasteiger partial charge < -0.3 is 15.7 Å². The molecule has 3 heteroatoms. The van der Waals surface area contributed by atoms with Gasteiger partial charge in [0.1, 0.15) is 0 Å². The molecule has 0 aromatic heterocycles. The first-order chi connectivity index (χ1) is 8.69. The van der Waals surface area contributed by atoms with Crippen LogP contribution in [0.25, 0.3) is 0 Å². The van der Waals surface area contributed by atoms with Crippen LogP contribution in [0.4, 0.5) is 5.69 Å². The predicted octanol–water partition coefficient (Wildman–Crippen LogP) is 1.66. The number of hydrogen-bond donors (Lipinski definition) is 2. The Labute approximate surface area is 109 Å². The van der Waals surface area contributed by atoms with E-state index in [-0.39, 0.29) is 6.10 Å². The highest BCUT2D eigenvalue weighted by Crippen LogP contribution is 2.40. The van der Waals surface area contributed by atoms with E-state index in [9.17, 15) is 5.11 Å². The Morgan fingerprint density at radius 1 is 1.33 bits per heavy atom. The van der Waals surface area contributed by atoms with Crippen molar-refractivity contribution in [2.75, 3.05) is 18.0 Å². The van der Waals surface area contributed by atoms with Crippen LogP contribution in [0.1, 0.15) is 24.0 Å². The van der Waals surface area contributed by atoms with E-state index in [1.807, 2.05) is 0 Å². The molecule has 1 aromatic carbocycles. The van der Waals surface area contributed by atoms with E-state index in [4.69, 9.17) is 5.73 Å². The lowest BCUT2D eigenvalue weighted by Crippen LogP contribution is -2.24. The van der Waals surface area contributed by atoms with E-state index in [0.717, 1.165) is 19.5 Å². The Morgan fingerprint density at radius 2 is 2.17 bits per heavy atom. The van der Waals surface area contributed by atoms with Crippen LogP contribution in [0.15, 0.2) is 18.2 Å². The molecular formula is C15H22N2O. The van der Waals surface area contributed by atoms with Crippen molar-refractivity contribution in [3.05, 3.63) is 29.3 Å². The second-order valence-corrected chi connectivity index (χ2v) is 5.79. The van der Waals surface area contributed by atoms with Crippen LogP contribution in [-0.2, 0) is 6.54 Å². The monoisotopic (exact) mass is 246 g/mol. The fourth-order valence-corrected chi connectivity index (χ4v) is 3.55. The fraction of sp³-hybridized carbons (Fsp3) is 0.600. The number of aryl methyl sites for hydroxylation is 1. The number of hydrogen-bond acceptors (Lipinski definition) is 3. The summed E-state index contributed by atoms with van der Waals surface area (Å²) in [7, 11) is 0. The van der Waals surface area contributed by atoms with Crippen LogP contribution < -0.4 is 10.6 Å². The molecule has 1 aliphatic carbocycles. The maximum atomic E-state index is 9.96. The van der Waals surface area contributed by atoms with Gasteiger partial charge in [0.25, 0.3) is 0 Å². The van der Waals surface area contributed by atoms with Gasteiger partial charge in [-0.2, -0.15) is 0 Å². The molecule has 1 aliphatic heterocycles. The molecule has 1 heterocycles. The van der Waals surface area contributed by atoms with E-state index in [1.54, 1.807) is 0 Å². The molecule has 0 radical (unpaired) electrons. The van der Waals surface area contributed by atoms with Crippen LogP contribution >= 0.6 is 0 Å². The largest absolute Gasteiger partial charge is 0.393 e. The van der Waals surface area contributed by atoms with Gasteiger partial charge in [-0.3, -0.25) is 0 Å². The molecular weight excluding hydrogens is 224 g/mol. The van der Waals surface area contributed by atoms with Crippen LogP contribution in [0, 0.1) is 18.8 Å². The standard InChI is InChI=1S/C15H22N2O/c1-10-6-13(4-2-11(10)7-16)17-8-12-3-5-15(18)14(12)9-17/h2,4,6,12,14-15,18H,3,5,7-9,16H2,1H3. The van der Waals surface area contributed by atoms with Crippen molar-refractivity contribution in [2.24, 2.45) is 17.6 Å². The summed E-state index contributed by atoms with van der Waals surface area (Å²) in [6.45, 7) is 4.84. The molecule has 0 bridgehead atoms. The number of aliphatic hydroxyl groups excluding tert-OH is 1. The van der Waals surface area contributed by atoms with Gasteiger partial charge in [-0.1, -0.05) is 6.07 Å². The number of benzene rings is 1. The van der Waals surface area contributed by atoms with Crippen LogP contribution in [-0.4, -0.2) is 24.3 Å². The molecule has 3 rings (SSSR count). The molecule has 3 N–H and O–H groups in total. The van der Waals surface area contributed by atoms with Crippen molar-refractivity contribution in [1.29, 1.82) is 0 Å². The quantitative estimate of drug-likeness (QED) is 0.834. The Kier molecular flexibility index (Phi) is 3.04. The summed E-state index contributed by atoms with van der Waals surface area (Å²) in [5.74, 6) is 1.17. The topological polar surface area (TPSA) is 49.5 Å². The van der Waals surface area contributed by atoms with Gasteiger partial charge in [0.2, 0.25) is 0 Å². The zero-order valence-corrected chi connectivity index (χ0v) is 11.0. The molecule has 3 unspecified atom stereocenters. The van der Waals surface area contributed by atoms with Crippen molar-refractivity contribution in [3.63, 3.8) is 0 Å². The van der Waals surface area contributed by atoms with E-state index in [1.165, 1.54) is 23.2 Å². The van der Waals surface area contributed by atoms with Gasteiger partial charge in [0.05, 0.1) is 6.10 Å². The first kappa shape index (κ1) is 12.0. The lowest BCUT2D eigenvalue weighted by molar-refractivity contribution is 0.133. The molecule has 2 fully saturated rings.